The van der Waals surface area contributed by atoms with Gasteiger partial charge in [0.15, 0.2) is 0 Å². The highest BCUT2D eigenvalue weighted by molar-refractivity contribution is 5.88. The highest BCUT2D eigenvalue weighted by Crippen LogP contribution is 2.30. The largest absolute Gasteiger partial charge is 0.354 e. The van der Waals surface area contributed by atoms with Gasteiger partial charge in [0.2, 0.25) is 11.8 Å². The molecule has 8 nitrogen and oxygen atoms in total. The van der Waals surface area contributed by atoms with Crippen LogP contribution in [0.5, 0.6) is 0 Å². The van der Waals surface area contributed by atoms with Crippen molar-refractivity contribution in [1.29, 1.82) is 0 Å². The van der Waals surface area contributed by atoms with Crippen molar-refractivity contribution in [2.45, 2.75) is 45.2 Å². The van der Waals surface area contributed by atoms with Crippen molar-refractivity contribution in [2.24, 2.45) is 5.92 Å². The van der Waals surface area contributed by atoms with Crippen LogP contribution in [0.4, 0.5) is 5.82 Å². The van der Waals surface area contributed by atoms with Crippen LogP contribution in [0.1, 0.15) is 33.1 Å². The van der Waals surface area contributed by atoms with Gasteiger partial charge in [-0.15, -0.1) is 0 Å². The maximum atomic E-state index is 13.2. The van der Waals surface area contributed by atoms with E-state index in [9.17, 15) is 9.59 Å². The fourth-order valence-electron chi connectivity index (χ4n) is 4.66. The number of amides is 2. The molecule has 3 unspecified atom stereocenters. The number of carbonyl (C=O) groups is 2. The molecule has 2 saturated heterocycles. The summed E-state index contributed by atoms with van der Waals surface area (Å²) >= 11 is 0. The van der Waals surface area contributed by atoms with Crippen molar-refractivity contribution in [2.75, 3.05) is 31.6 Å². The van der Waals surface area contributed by atoms with E-state index in [0.717, 1.165) is 42.7 Å². The lowest BCUT2D eigenvalue weighted by Crippen LogP contribution is -2.56. The Morgan fingerprint density at radius 3 is 2.86 bits per heavy atom. The summed E-state index contributed by atoms with van der Waals surface area (Å²) in [6.07, 6.45) is 6.04. The first kappa shape index (κ1) is 18.7. The zero-order valence-corrected chi connectivity index (χ0v) is 16.8. The first-order valence-electron chi connectivity index (χ1n) is 10.0. The lowest BCUT2D eigenvalue weighted by Gasteiger charge is -2.43. The summed E-state index contributed by atoms with van der Waals surface area (Å²) in [5.41, 5.74) is 0.816. The van der Waals surface area contributed by atoms with Crippen molar-refractivity contribution in [1.82, 2.24) is 24.8 Å². The Morgan fingerprint density at radius 2 is 2.07 bits per heavy atom. The van der Waals surface area contributed by atoms with Gasteiger partial charge in [-0.2, -0.15) is 0 Å². The minimum Gasteiger partial charge on any atom is -0.354 e. The molecule has 0 aliphatic carbocycles. The minimum absolute atomic E-state index is 0.00858. The minimum atomic E-state index is -0.299. The SMILES string of the molecule is CC(=O)N1CCCC1C(=O)N1CCC(C)C(N(C)c2ncnc3[nH]ccc23)C1. The predicted molar refractivity (Wildman–Crippen MR) is 107 cm³/mol. The Morgan fingerprint density at radius 1 is 1.25 bits per heavy atom. The van der Waals surface area contributed by atoms with Gasteiger partial charge < -0.3 is 19.7 Å². The summed E-state index contributed by atoms with van der Waals surface area (Å²) in [7, 11) is 2.04. The molecule has 150 valence electrons. The zero-order valence-electron chi connectivity index (χ0n) is 16.8. The van der Waals surface area contributed by atoms with E-state index in [0.29, 0.717) is 19.0 Å². The molecule has 0 bridgehead atoms. The number of hydrogen-bond donors (Lipinski definition) is 1. The number of rotatable bonds is 3. The number of H-pyrrole nitrogens is 1. The van der Waals surface area contributed by atoms with Crippen LogP contribution in [0.2, 0.25) is 0 Å². The Bertz CT molecular complexity index is 880. The number of likely N-dealkylation sites (N-methyl/N-ethyl adjacent to an activating group) is 1. The molecule has 2 aliphatic rings. The van der Waals surface area contributed by atoms with Crippen LogP contribution in [0.25, 0.3) is 11.0 Å². The standard InChI is InChI=1S/C20H28N6O2/c1-13-7-10-25(20(28)16-5-4-9-26(16)14(2)27)11-17(13)24(3)19-15-6-8-21-18(15)22-12-23-19/h6,8,12-13,16-17H,4-5,7,9-11H2,1-3H3,(H,21,22,23). The highest BCUT2D eigenvalue weighted by atomic mass is 16.2. The van der Waals surface area contributed by atoms with Crippen LogP contribution in [0, 0.1) is 5.92 Å². The number of nitrogens with one attached hydrogen (secondary N) is 1. The van der Waals surface area contributed by atoms with Crippen molar-refractivity contribution < 1.29 is 9.59 Å². The van der Waals surface area contributed by atoms with E-state index in [-0.39, 0.29) is 23.9 Å². The number of carbonyl (C=O) groups excluding carboxylic acids is 2. The smallest absolute Gasteiger partial charge is 0.245 e. The van der Waals surface area contributed by atoms with Crippen molar-refractivity contribution in [3.05, 3.63) is 18.6 Å². The fourth-order valence-corrected chi connectivity index (χ4v) is 4.66. The number of aromatic nitrogens is 3. The third-order valence-electron chi connectivity index (χ3n) is 6.34. The number of likely N-dealkylation sites (tertiary alicyclic amines) is 2. The lowest BCUT2D eigenvalue weighted by atomic mass is 9.91. The predicted octanol–water partition coefficient (Wildman–Crippen LogP) is 1.64. The second kappa shape index (κ2) is 7.41. The van der Waals surface area contributed by atoms with E-state index in [4.69, 9.17) is 0 Å². The van der Waals surface area contributed by atoms with E-state index in [1.54, 1.807) is 18.2 Å². The molecule has 28 heavy (non-hydrogen) atoms. The summed E-state index contributed by atoms with van der Waals surface area (Å²) in [4.78, 5) is 42.8. The molecule has 4 rings (SSSR count). The van der Waals surface area contributed by atoms with Gasteiger partial charge in [-0.05, 0) is 31.2 Å². The van der Waals surface area contributed by atoms with Gasteiger partial charge in [-0.3, -0.25) is 9.59 Å². The quantitative estimate of drug-likeness (QED) is 0.870. The van der Waals surface area contributed by atoms with Crippen LogP contribution >= 0.6 is 0 Å². The molecule has 2 amide bonds. The summed E-state index contributed by atoms with van der Waals surface area (Å²) in [5, 5.41) is 0.985. The summed E-state index contributed by atoms with van der Waals surface area (Å²) in [5.74, 6) is 1.40. The first-order chi connectivity index (χ1) is 13.5. The van der Waals surface area contributed by atoms with Crippen molar-refractivity contribution in [3.8, 4) is 0 Å². The van der Waals surface area contributed by atoms with E-state index >= 15 is 0 Å². The Balaban J connectivity index is 1.54. The molecular weight excluding hydrogens is 356 g/mol. The maximum absolute atomic E-state index is 13.2. The second-order valence-electron chi connectivity index (χ2n) is 8.04. The molecule has 0 saturated carbocycles. The number of nitrogens with zero attached hydrogens (tertiary/aromatic N) is 5. The number of hydrogen-bond acceptors (Lipinski definition) is 5. The fraction of sp³-hybridized carbons (Fsp3) is 0.600. The zero-order chi connectivity index (χ0) is 19.8. The van der Waals surface area contributed by atoms with Crippen molar-refractivity contribution >= 4 is 28.7 Å². The topological polar surface area (TPSA) is 85.4 Å². The monoisotopic (exact) mass is 384 g/mol. The number of anilines is 1. The number of fused-ring (bicyclic) bond motifs is 1. The normalized spacial score (nSPS) is 25.3. The Labute approximate surface area is 164 Å². The lowest BCUT2D eigenvalue weighted by molar-refractivity contribution is -0.144. The molecule has 8 heteroatoms. The average molecular weight is 384 g/mol. The van der Waals surface area contributed by atoms with Crippen molar-refractivity contribution in [3.63, 3.8) is 0 Å². The molecule has 0 aromatic carbocycles. The second-order valence-corrected chi connectivity index (χ2v) is 8.04. The Kier molecular flexibility index (Phi) is 4.95. The highest BCUT2D eigenvalue weighted by Gasteiger charge is 2.39. The van der Waals surface area contributed by atoms with Gasteiger partial charge in [-0.1, -0.05) is 6.92 Å². The van der Waals surface area contributed by atoms with Gasteiger partial charge >= 0.3 is 0 Å². The van der Waals surface area contributed by atoms with Gasteiger partial charge in [-0.25, -0.2) is 9.97 Å². The molecule has 0 spiro atoms. The number of aromatic amines is 1. The van der Waals surface area contributed by atoms with Crippen LogP contribution < -0.4 is 4.90 Å². The van der Waals surface area contributed by atoms with Crippen LogP contribution in [-0.2, 0) is 9.59 Å². The van der Waals surface area contributed by atoms with E-state index in [1.807, 2.05) is 24.2 Å². The molecular formula is C20H28N6O2. The van der Waals surface area contributed by atoms with Crippen LogP contribution in [0.3, 0.4) is 0 Å². The summed E-state index contributed by atoms with van der Waals surface area (Å²) in [6, 6.07) is 1.85. The van der Waals surface area contributed by atoms with E-state index in [1.165, 1.54) is 0 Å². The first-order valence-corrected chi connectivity index (χ1v) is 10.0. The van der Waals surface area contributed by atoms with Crippen LogP contribution in [-0.4, -0.2) is 75.3 Å². The molecule has 2 aromatic heterocycles. The van der Waals surface area contributed by atoms with E-state index < -0.39 is 0 Å². The van der Waals surface area contributed by atoms with Gasteiger partial charge in [0, 0.05) is 39.8 Å². The molecule has 0 radical (unpaired) electrons. The third-order valence-corrected chi connectivity index (χ3v) is 6.34. The summed E-state index contributed by atoms with van der Waals surface area (Å²) < 4.78 is 0. The average Bonchev–Trinajstić information content (AvgIpc) is 3.36. The van der Waals surface area contributed by atoms with Gasteiger partial charge in [0.05, 0.1) is 11.4 Å². The molecule has 2 aromatic rings. The van der Waals surface area contributed by atoms with E-state index in [2.05, 4.69) is 26.8 Å². The third kappa shape index (κ3) is 3.21. The van der Waals surface area contributed by atoms with Crippen LogP contribution in [0.15, 0.2) is 18.6 Å². The molecule has 1 N–H and O–H groups in total. The Hall–Kier alpha value is -2.64. The molecule has 2 aliphatic heterocycles. The maximum Gasteiger partial charge on any atom is 0.245 e. The van der Waals surface area contributed by atoms with Gasteiger partial charge in [0.25, 0.3) is 0 Å². The summed E-state index contributed by atoms with van der Waals surface area (Å²) in [6.45, 7) is 5.87. The molecule has 3 atom stereocenters. The molecule has 2 fully saturated rings. The van der Waals surface area contributed by atoms with Gasteiger partial charge in [0.1, 0.15) is 23.8 Å². The number of piperidine rings is 1. The molecule has 4 heterocycles.